The lowest BCUT2D eigenvalue weighted by Gasteiger charge is -2.30. The SMILES string of the molecule is CC(=O)N[C@@H](C=O)[C@@H](OC(=O)[C@@H](N)CO)[C@H](O)[C@H](O)CO. The first-order valence-corrected chi connectivity index (χ1v) is 6.04. The molecule has 0 unspecified atom stereocenters. The van der Waals surface area contributed by atoms with Crippen molar-refractivity contribution >= 4 is 18.2 Å². The number of carbonyl (C=O) groups is 3. The molecule has 0 aromatic heterocycles. The Morgan fingerprint density at radius 3 is 2.24 bits per heavy atom. The van der Waals surface area contributed by atoms with Gasteiger partial charge < -0.3 is 41.0 Å². The summed E-state index contributed by atoms with van der Waals surface area (Å²) in [7, 11) is 0. The molecule has 10 nitrogen and oxygen atoms in total. The van der Waals surface area contributed by atoms with E-state index in [1.54, 1.807) is 0 Å². The summed E-state index contributed by atoms with van der Waals surface area (Å²) in [6.07, 6.45) is -5.06. The van der Waals surface area contributed by atoms with Crippen LogP contribution in [0.15, 0.2) is 0 Å². The van der Waals surface area contributed by atoms with Gasteiger partial charge in [0.05, 0.1) is 13.2 Å². The van der Waals surface area contributed by atoms with E-state index in [2.05, 4.69) is 5.32 Å². The van der Waals surface area contributed by atoms with Crippen LogP contribution in [0.25, 0.3) is 0 Å². The zero-order valence-corrected chi connectivity index (χ0v) is 11.4. The topological polar surface area (TPSA) is 179 Å². The molecule has 0 aromatic carbocycles. The minimum Gasteiger partial charge on any atom is -0.456 e. The molecule has 0 spiro atoms. The van der Waals surface area contributed by atoms with Crippen molar-refractivity contribution in [1.82, 2.24) is 5.32 Å². The lowest BCUT2D eigenvalue weighted by molar-refractivity contribution is -0.168. The van der Waals surface area contributed by atoms with E-state index >= 15 is 0 Å². The first-order chi connectivity index (χ1) is 9.78. The largest absolute Gasteiger partial charge is 0.456 e. The number of hydrogen-bond donors (Lipinski definition) is 6. The van der Waals surface area contributed by atoms with E-state index in [4.69, 9.17) is 20.7 Å². The molecular formula is C11H20N2O8. The fraction of sp³-hybridized carbons (Fsp3) is 0.727. The number of aliphatic hydroxyl groups is 4. The molecule has 1 amide bonds. The van der Waals surface area contributed by atoms with Crippen LogP contribution in [-0.2, 0) is 19.1 Å². The van der Waals surface area contributed by atoms with Gasteiger partial charge in [-0.3, -0.25) is 9.59 Å². The van der Waals surface area contributed by atoms with Crippen molar-refractivity contribution in [2.45, 2.75) is 37.3 Å². The van der Waals surface area contributed by atoms with E-state index in [9.17, 15) is 24.6 Å². The highest BCUT2D eigenvalue weighted by Crippen LogP contribution is 2.10. The number of ether oxygens (including phenoxy) is 1. The Morgan fingerprint density at radius 2 is 1.86 bits per heavy atom. The highest BCUT2D eigenvalue weighted by molar-refractivity contribution is 5.79. The van der Waals surface area contributed by atoms with E-state index in [1.165, 1.54) is 0 Å². The number of aliphatic hydroxyl groups excluding tert-OH is 4. The van der Waals surface area contributed by atoms with Gasteiger partial charge in [-0.25, -0.2) is 0 Å². The van der Waals surface area contributed by atoms with Crippen molar-refractivity contribution in [3.63, 3.8) is 0 Å². The summed E-state index contributed by atoms with van der Waals surface area (Å²) in [5.74, 6) is -1.80. The maximum Gasteiger partial charge on any atom is 0.325 e. The van der Waals surface area contributed by atoms with Crippen molar-refractivity contribution in [1.29, 1.82) is 0 Å². The summed E-state index contributed by atoms with van der Waals surface area (Å²) in [5, 5.41) is 38.8. The van der Waals surface area contributed by atoms with Crippen LogP contribution in [-0.4, -0.2) is 82.2 Å². The van der Waals surface area contributed by atoms with Gasteiger partial charge in [0, 0.05) is 6.92 Å². The van der Waals surface area contributed by atoms with Crippen LogP contribution in [0.1, 0.15) is 6.92 Å². The number of hydrogen-bond acceptors (Lipinski definition) is 9. The third-order valence-electron chi connectivity index (χ3n) is 2.54. The minimum atomic E-state index is -1.85. The number of amides is 1. The second-order valence-electron chi connectivity index (χ2n) is 4.29. The summed E-state index contributed by atoms with van der Waals surface area (Å²) in [4.78, 5) is 33.5. The van der Waals surface area contributed by atoms with E-state index in [0.29, 0.717) is 0 Å². The molecule has 0 saturated carbocycles. The summed E-state index contributed by atoms with van der Waals surface area (Å²) in [6.45, 7) is -0.521. The highest BCUT2D eigenvalue weighted by atomic mass is 16.6. The van der Waals surface area contributed by atoms with Gasteiger partial charge >= 0.3 is 5.97 Å². The molecule has 21 heavy (non-hydrogen) atoms. The molecular weight excluding hydrogens is 288 g/mol. The number of aldehydes is 1. The molecule has 0 radical (unpaired) electrons. The molecule has 0 bridgehead atoms. The van der Waals surface area contributed by atoms with Gasteiger partial charge in [0.25, 0.3) is 0 Å². The zero-order chi connectivity index (χ0) is 16.6. The first kappa shape index (κ1) is 19.4. The quantitative estimate of drug-likeness (QED) is 0.181. The molecule has 0 aliphatic carbocycles. The lowest BCUT2D eigenvalue weighted by Crippen LogP contribution is -2.56. The molecule has 122 valence electrons. The Hall–Kier alpha value is -1.59. The average molecular weight is 308 g/mol. The van der Waals surface area contributed by atoms with Crippen molar-refractivity contribution in [3.8, 4) is 0 Å². The van der Waals surface area contributed by atoms with Crippen LogP contribution in [0.2, 0.25) is 0 Å². The standard InChI is InChI=1S/C11H20N2O8/c1-5(17)13-7(3-15)10(9(19)8(18)4-16)21-11(20)6(12)2-14/h3,6-10,14,16,18-19H,2,4,12H2,1H3,(H,13,17)/t6-,7-,8+,9+,10+/m0/s1. The van der Waals surface area contributed by atoms with Crippen LogP contribution in [0, 0.1) is 0 Å². The molecule has 0 saturated heterocycles. The van der Waals surface area contributed by atoms with Crippen LogP contribution < -0.4 is 11.1 Å². The number of nitrogens with two attached hydrogens (primary N) is 1. The van der Waals surface area contributed by atoms with Crippen molar-refractivity contribution in [2.75, 3.05) is 13.2 Å². The Bertz CT molecular complexity index is 364. The maximum atomic E-state index is 11.5. The number of carbonyl (C=O) groups excluding carboxylic acids is 3. The van der Waals surface area contributed by atoms with Gasteiger partial charge in [0.1, 0.15) is 30.6 Å². The van der Waals surface area contributed by atoms with Gasteiger partial charge in [-0.05, 0) is 0 Å². The molecule has 0 heterocycles. The Balaban J connectivity index is 5.19. The smallest absolute Gasteiger partial charge is 0.325 e. The minimum absolute atomic E-state index is 0.192. The number of esters is 1. The Morgan fingerprint density at radius 1 is 1.29 bits per heavy atom. The Labute approximate surface area is 120 Å². The van der Waals surface area contributed by atoms with Crippen LogP contribution in [0.4, 0.5) is 0 Å². The second-order valence-corrected chi connectivity index (χ2v) is 4.29. The molecule has 5 atom stereocenters. The van der Waals surface area contributed by atoms with Crippen LogP contribution >= 0.6 is 0 Å². The summed E-state index contributed by atoms with van der Waals surface area (Å²) in [6, 6.07) is -2.89. The zero-order valence-electron chi connectivity index (χ0n) is 11.4. The fourth-order valence-corrected chi connectivity index (χ4v) is 1.41. The van der Waals surface area contributed by atoms with Crippen LogP contribution in [0.3, 0.4) is 0 Å². The van der Waals surface area contributed by atoms with Gasteiger partial charge in [-0.15, -0.1) is 0 Å². The van der Waals surface area contributed by atoms with Gasteiger partial charge in [0.2, 0.25) is 5.91 Å². The van der Waals surface area contributed by atoms with Crippen molar-refractivity contribution in [3.05, 3.63) is 0 Å². The average Bonchev–Trinajstić information content (AvgIpc) is 2.47. The first-order valence-electron chi connectivity index (χ1n) is 6.04. The molecule has 7 N–H and O–H groups in total. The van der Waals surface area contributed by atoms with Crippen molar-refractivity contribution < 1.29 is 39.5 Å². The van der Waals surface area contributed by atoms with Gasteiger partial charge in [-0.1, -0.05) is 0 Å². The molecule has 0 aliphatic rings. The number of rotatable bonds is 9. The highest BCUT2D eigenvalue weighted by Gasteiger charge is 2.37. The normalized spacial score (nSPS) is 18.0. The van der Waals surface area contributed by atoms with E-state index < -0.39 is 55.5 Å². The molecule has 10 heteroatoms. The van der Waals surface area contributed by atoms with Crippen molar-refractivity contribution in [2.24, 2.45) is 5.73 Å². The summed E-state index contributed by atoms with van der Waals surface area (Å²) < 4.78 is 4.75. The molecule has 0 aliphatic heterocycles. The lowest BCUT2D eigenvalue weighted by atomic mass is 10.0. The van der Waals surface area contributed by atoms with Gasteiger partial charge in [0.15, 0.2) is 6.10 Å². The second kappa shape index (κ2) is 9.37. The predicted octanol–water partition coefficient (Wildman–Crippen LogP) is -4.36. The predicted molar refractivity (Wildman–Crippen MR) is 67.7 cm³/mol. The van der Waals surface area contributed by atoms with E-state index in [0.717, 1.165) is 6.92 Å². The van der Waals surface area contributed by atoms with E-state index in [-0.39, 0.29) is 6.29 Å². The maximum absolute atomic E-state index is 11.5. The summed E-state index contributed by atoms with van der Waals surface area (Å²) in [5.41, 5.74) is 5.22. The monoisotopic (exact) mass is 308 g/mol. The fourth-order valence-electron chi connectivity index (χ4n) is 1.41. The third kappa shape index (κ3) is 6.14. The van der Waals surface area contributed by atoms with E-state index in [1.807, 2.05) is 0 Å². The number of nitrogens with one attached hydrogen (secondary N) is 1. The van der Waals surface area contributed by atoms with Crippen LogP contribution in [0.5, 0.6) is 0 Å². The molecule has 0 fully saturated rings. The molecule has 0 aromatic rings. The Kier molecular flexibility index (Phi) is 8.66. The van der Waals surface area contributed by atoms with Gasteiger partial charge in [-0.2, -0.15) is 0 Å². The summed E-state index contributed by atoms with van der Waals surface area (Å²) >= 11 is 0. The third-order valence-corrected chi connectivity index (χ3v) is 2.54. The molecule has 0 rings (SSSR count).